The number of benzene rings is 1. The minimum absolute atomic E-state index is 0.150. The van der Waals surface area contributed by atoms with Crippen molar-refractivity contribution in [2.75, 3.05) is 0 Å². The lowest BCUT2D eigenvalue weighted by molar-refractivity contribution is 0.375. The Morgan fingerprint density at radius 3 is 2.88 bits per heavy atom. The van der Waals surface area contributed by atoms with Gasteiger partial charge in [-0.3, -0.25) is 0 Å². The molecule has 2 heteroatoms. The fourth-order valence-electron chi connectivity index (χ4n) is 2.16. The van der Waals surface area contributed by atoms with E-state index in [2.05, 4.69) is 18.3 Å². The molecule has 0 aromatic heterocycles. The first-order valence-corrected chi connectivity index (χ1v) is 5.94. The zero-order chi connectivity index (χ0) is 11.4. The van der Waals surface area contributed by atoms with Gasteiger partial charge >= 0.3 is 0 Å². The molecule has 2 atom stereocenters. The van der Waals surface area contributed by atoms with Gasteiger partial charge in [0.2, 0.25) is 0 Å². The Bertz CT molecular complexity index is 373. The molecule has 2 unspecified atom stereocenters. The van der Waals surface area contributed by atoms with Crippen LogP contribution < -0.4 is 5.32 Å². The number of halogens is 1. The minimum Gasteiger partial charge on any atom is -0.308 e. The van der Waals surface area contributed by atoms with E-state index in [1.807, 2.05) is 12.1 Å². The molecule has 1 saturated heterocycles. The molecular formula is C14H18FN. The Balaban J connectivity index is 2.01. The fourth-order valence-corrected chi connectivity index (χ4v) is 2.16. The van der Waals surface area contributed by atoms with Gasteiger partial charge in [0.05, 0.1) is 0 Å². The summed E-state index contributed by atoms with van der Waals surface area (Å²) >= 11 is 0. The van der Waals surface area contributed by atoms with Gasteiger partial charge in [0.1, 0.15) is 5.82 Å². The maximum absolute atomic E-state index is 13.3. The van der Waals surface area contributed by atoms with Gasteiger partial charge in [0.15, 0.2) is 0 Å². The zero-order valence-electron chi connectivity index (χ0n) is 9.62. The summed E-state index contributed by atoms with van der Waals surface area (Å²) in [6, 6.07) is 7.84. The van der Waals surface area contributed by atoms with Crippen LogP contribution in [0.4, 0.5) is 4.39 Å². The smallest absolute Gasteiger partial charge is 0.130 e. The van der Waals surface area contributed by atoms with Crippen LogP contribution in [0.3, 0.4) is 0 Å². The highest BCUT2D eigenvalue weighted by molar-refractivity contribution is 5.50. The molecule has 1 aromatic carbocycles. The van der Waals surface area contributed by atoms with Crippen LogP contribution in [0.2, 0.25) is 0 Å². The van der Waals surface area contributed by atoms with Crippen LogP contribution in [-0.2, 0) is 0 Å². The lowest BCUT2D eigenvalue weighted by Crippen LogP contribution is -2.39. The van der Waals surface area contributed by atoms with E-state index >= 15 is 0 Å². The van der Waals surface area contributed by atoms with Gasteiger partial charge in [-0.1, -0.05) is 36.8 Å². The van der Waals surface area contributed by atoms with Gasteiger partial charge in [0, 0.05) is 17.6 Å². The molecule has 0 saturated carbocycles. The van der Waals surface area contributed by atoms with Crippen molar-refractivity contribution in [3.8, 4) is 0 Å². The summed E-state index contributed by atoms with van der Waals surface area (Å²) < 4.78 is 13.3. The topological polar surface area (TPSA) is 12.0 Å². The summed E-state index contributed by atoms with van der Waals surface area (Å²) in [5.41, 5.74) is 0.669. The number of piperidine rings is 1. The highest BCUT2D eigenvalue weighted by Crippen LogP contribution is 2.15. The van der Waals surface area contributed by atoms with Crippen molar-refractivity contribution < 1.29 is 4.39 Å². The van der Waals surface area contributed by atoms with Crippen molar-refractivity contribution in [3.05, 3.63) is 41.7 Å². The first kappa shape index (κ1) is 11.3. The fraction of sp³-hybridized carbons (Fsp3) is 0.429. The molecule has 1 aromatic rings. The Kier molecular flexibility index (Phi) is 3.73. The molecule has 0 radical (unpaired) electrons. The normalized spacial score (nSPS) is 26.1. The highest BCUT2D eigenvalue weighted by atomic mass is 19.1. The molecule has 2 rings (SSSR count). The minimum atomic E-state index is -0.150. The lowest BCUT2D eigenvalue weighted by Gasteiger charge is -2.26. The van der Waals surface area contributed by atoms with Crippen molar-refractivity contribution in [2.45, 2.75) is 38.3 Å². The molecule has 0 aliphatic carbocycles. The molecule has 1 heterocycles. The van der Waals surface area contributed by atoms with Gasteiger partial charge in [-0.25, -0.2) is 4.39 Å². The predicted molar refractivity (Wildman–Crippen MR) is 65.7 cm³/mol. The van der Waals surface area contributed by atoms with Crippen LogP contribution in [0, 0.1) is 5.82 Å². The van der Waals surface area contributed by atoms with E-state index in [-0.39, 0.29) is 5.82 Å². The van der Waals surface area contributed by atoms with Crippen LogP contribution in [0.1, 0.15) is 31.7 Å². The molecule has 1 aliphatic rings. The van der Waals surface area contributed by atoms with E-state index < -0.39 is 0 Å². The third kappa shape index (κ3) is 2.92. The van der Waals surface area contributed by atoms with Crippen LogP contribution in [-0.4, -0.2) is 12.1 Å². The molecule has 1 N–H and O–H groups in total. The average Bonchev–Trinajstić information content (AvgIpc) is 2.28. The number of hydrogen-bond donors (Lipinski definition) is 1. The molecule has 1 fully saturated rings. The van der Waals surface area contributed by atoms with Gasteiger partial charge in [-0.05, 0) is 25.8 Å². The quantitative estimate of drug-likeness (QED) is 0.804. The largest absolute Gasteiger partial charge is 0.308 e. The van der Waals surface area contributed by atoms with Crippen molar-refractivity contribution in [3.63, 3.8) is 0 Å². The molecule has 86 valence electrons. The van der Waals surface area contributed by atoms with Crippen molar-refractivity contribution in [2.24, 2.45) is 0 Å². The maximum Gasteiger partial charge on any atom is 0.130 e. The standard InChI is InChI=1S/C14H18FN/c1-11-5-4-7-13(16-11)10-9-12-6-2-3-8-14(12)15/h2-3,6,8-11,13,16H,4-5,7H2,1H3/b10-9+. The van der Waals surface area contributed by atoms with Gasteiger partial charge < -0.3 is 5.32 Å². The summed E-state index contributed by atoms with van der Waals surface area (Å²) in [7, 11) is 0. The van der Waals surface area contributed by atoms with Crippen molar-refractivity contribution in [1.82, 2.24) is 5.32 Å². The van der Waals surface area contributed by atoms with Gasteiger partial charge in [-0.15, -0.1) is 0 Å². The molecule has 0 spiro atoms. The Hall–Kier alpha value is -1.15. The summed E-state index contributed by atoms with van der Waals surface area (Å²) in [6.45, 7) is 2.20. The monoisotopic (exact) mass is 219 g/mol. The molecule has 1 nitrogen and oxygen atoms in total. The number of rotatable bonds is 2. The van der Waals surface area contributed by atoms with E-state index in [0.717, 1.165) is 6.42 Å². The van der Waals surface area contributed by atoms with E-state index in [9.17, 15) is 4.39 Å². The van der Waals surface area contributed by atoms with Gasteiger partial charge in [-0.2, -0.15) is 0 Å². The summed E-state index contributed by atoms with van der Waals surface area (Å²) in [4.78, 5) is 0. The Morgan fingerprint density at radius 1 is 1.31 bits per heavy atom. The van der Waals surface area contributed by atoms with Crippen molar-refractivity contribution >= 4 is 6.08 Å². The summed E-state index contributed by atoms with van der Waals surface area (Å²) in [6.07, 6.45) is 7.60. The number of hydrogen-bond acceptors (Lipinski definition) is 1. The lowest BCUT2D eigenvalue weighted by atomic mass is 9.99. The zero-order valence-corrected chi connectivity index (χ0v) is 9.62. The van der Waals surface area contributed by atoms with E-state index in [0.29, 0.717) is 17.6 Å². The highest BCUT2D eigenvalue weighted by Gasteiger charge is 2.14. The average molecular weight is 219 g/mol. The SMILES string of the molecule is CC1CCCC(/C=C/c2ccccc2F)N1. The summed E-state index contributed by atoms with van der Waals surface area (Å²) in [5, 5.41) is 3.50. The second kappa shape index (κ2) is 5.26. The predicted octanol–water partition coefficient (Wildman–Crippen LogP) is 3.37. The Labute approximate surface area is 96.4 Å². The van der Waals surface area contributed by atoms with Crippen molar-refractivity contribution in [1.29, 1.82) is 0 Å². The van der Waals surface area contributed by atoms with Crippen LogP contribution in [0.5, 0.6) is 0 Å². The van der Waals surface area contributed by atoms with Crippen LogP contribution in [0.25, 0.3) is 6.08 Å². The molecule has 0 amide bonds. The second-order valence-corrected chi connectivity index (χ2v) is 4.49. The third-order valence-electron chi connectivity index (χ3n) is 3.06. The van der Waals surface area contributed by atoms with E-state index in [1.165, 1.54) is 18.9 Å². The van der Waals surface area contributed by atoms with Gasteiger partial charge in [0.25, 0.3) is 0 Å². The van der Waals surface area contributed by atoms with E-state index in [4.69, 9.17) is 0 Å². The van der Waals surface area contributed by atoms with E-state index in [1.54, 1.807) is 12.1 Å². The molecular weight excluding hydrogens is 201 g/mol. The van der Waals surface area contributed by atoms with Crippen LogP contribution >= 0.6 is 0 Å². The molecule has 16 heavy (non-hydrogen) atoms. The van der Waals surface area contributed by atoms with Crippen LogP contribution in [0.15, 0.2) is 30.3 Å². The first-order chi connectivity index (χ1) is 7.75. The summed E-state index contributed by atoms with van der Waals surface area (Å²) in [5.74, 6) is -0.150. The maximum atomic E-state index is 13.3. The Morgan fingerprint density at radius 2 is 2.12 bits per heavy atom. The molecule has 1 aliphatic heterocycles. The first-order valence-electron chi connectivity index (χ1n) is 5.94. The number of nitrogens with one attached hydrogen (secondary N) is 1. The third-order valence-corrected chi connectivity index (χ3v) is 3.06. The second-order valence-electron chi connectivity index (χ2n) is 4.49. The molecule has 0 bridgehead atoms.